The van der Waals surface area contributed by atoms with Crippen molar-refractivity contribution in [3.8, 4) is 5.75 Å². The van der Waals surface area contributed by atoms with Gasteiger partial charge in [0.1, 0.15) is 53.0 Å². The molecule has 3 amide bonds. The lowest BCUT2D eigenvalue weighted by Gasteiger charge is -2.35. The van der Waals surface area contributed by atoms with Crippen molar-refractivity contribution in [2.75, 3.05) is 56.6 Å². The number of nitrogens with zero attached hydrogens (tertiary/aromatic N) is 3. The van der Waals surface area contributed by atoms with E-state index in [1.165, 1.54) is 28.7 Å². The van der Waals surface area contributed by atoms with Crippen LogP contribution >= 0.6 is 22.9 Å². The molecule has 342 valence electrons. The molecule has 6 aliphatic rings. The number of benzene rings is 1. The van der Waals surface area contributed by atoms with Gasteiger partial charge in [-0.2, -0.15) is 0 Å². The number of halogens is 1. The van der Waals surface area contributed by atoms with Gasteiger partial charge in [0.05, 0.1) is 37.2 Å². The molecule has 5 fully saturated rings. The highest BCUT2D eigenvalue weighted by molar-refractivity contribution is 7.13. The van der Waals surface area contributed by atoms with Crippen molar-refractivity contribution < 1.29 is 43.2 Å². The summed E-state index contributed by atoms with van der Waals surface area (Å²) in [5, 5.41) is 25.8. The van der Waals surface area contributed by atoms with E-state index in [1.807, 2.05) is 52.1 Å². The minimum Gasteiger partial charge on any atom is -0.491 e. The maximum Gasteiger partial charge on any atom is 0.408 e. The molecule has 8 rings (SSSR count). The number of alkyl carbamates (subject to hydrolysis) is 1. The first-order valence-electron chi connectivity index (χ1n) is 22.1. The Balaban J connectivity index is 1.07. The van der Waals surface area contributed by atoms with Crippen molar-refractivity contribution in [1.82, 2.24) is 25.4 Å². The summed E-state index contributed by atoms with van der Waals surface area (Å²) in [6.45, 7) is 17.5. The maximum atomic E-state index is 14.8. The third kappa shape index (κ3) is 9.91. The number of thiazole rings is 1. The lowest BCUT2D eigenvalue weighted by Crippen LogP contribution is -2.59. The number of carboxylic acid groups (broad SMARTS) is 1. The molecule has 0 spiro atoms. The van der Waals surface area contributed by atoms with Gasteiger partial charge in [-0.15, -0.1) is 17.9 Å². The summed E-state index contributed by atoms with van der Waals surface area (Å²) in [6, 6.07) is 1.17. The number of aliphatic carboxylic acids is 1. The number of hydrogen-bond donors (Lipinski definition) is 5. The fourth-order valence-electron chi connectivity index (χ4n) is 9.31. The van der Waals surface area contributed by atoms with Crippen molar-refractivity contribution in [3.05, 3.63) is 52.5 Å². The first kappa shape index (κ1) is 45.0. The summed E-state index contributed by atoms with van der Waals surface area (Å²) in [5.41, 5.74) is -0.362. The van der Waals surface area contributed by atoms with Crippen LogP contribution in [0.25, 0.3) is 5.76 Å². The zero-order valence-electron chi connectivity index (χ0n) is 36.6. The molecule has 3 aliphatic heterocycles. The highest BCUT2D eigenvalue weighted by atomic mass is 35.5. The Morgan fingerprint density at radius 3 is 2.54 bits per heavy atom. The molecule has 3 aliphatic carbocycles. The van der Waals surface area contributed by atoms with Crippen molar-refractivity contribution in [2.24, 2.45) is 23.2 Å². The van der Waals surface area contributed by atoms with E-state index in [1.54, 1.807) is 6.07 Å². The number of rotatable bonds is 16. The van der Waals surface area contributed by atoms with E-state index in [0.717, 1.165) is 36.8 Å². The van der Waals surface area contributed by atoms with Gasteiger partial charge in [-0.05, 0) is 75.0 Å². The lowest BCUT2D eigenvalue weighted by atomic mass is 9.85. The number of carboxylic acids is 1. The first-order chi connectivity index (χ1) is 30.0. The molecule has 0 bridgehead atoms. The van der Waals surface area contributed by atoms with Gasteiger partial charge in [0, 0.05) is 49.0 Å². The van der Waals surface area contributed by atoms with E-state index in [2.05, 4.69) is 32.7 Å². The molecule has 0 radical (unpaired) electrons. The molecule has 2 saturated heterocycles. The van der Waals surface area contributed by atoms with Crippen LogP contribution in [0.5, 0.6) is 5.75 Å². The third-order valence-electron chi connectivity index (χ3n) is 13.0. The Labute approximate surface area is 377 Å². The molecule has 2 aromatic rings. The molecule has 9 atom stereocenters. The number of fused-ring (bicyclic) bond motifs is 2. The fraction of sp³-hybridized carbons (Fsp3) is 0.622. The van der Waals surface area contributed by atoms with Crippen LogP contribution < -0.4 is 26.0 Å². The molecule has 18 heteroatoms. The number of anilines is 2. The van der Waals surface area contributed by atoms with Crippen molar-refractivity contribution in [3.63, 3.8) is 0 Å². The normalized spacial score (nSPS) is 29.0. The summed E-state index contributed by atoms with van der Waals surface area (Å²) in [4.78, 5) is 63.5. The Kier molecular flexibility index (Phi) is 12.9. The minimum absolute atomic E-state index is 0.0302. The predicted molar refractivity (Wildman–Crippen MR) is 239 cm³/mol. The molecule has 4 heterocycles. The number of likely N-dealkylation sites (tertiary alicyclic amines) is 1. The molecule has 16 nitrogen and oxygen atoms in total. The Morgan fingerprint density at radius 2 is 1.87 bits per heavy atom. The molecule has 1 aromatic carbocycles. The van der Waals surface area contributed by atoms with E-state index < -0.39 is 65.0 Å². The number of morpholine rings is 1. The van der Waals surface area contributed by atoms with E-state index in [4.69, 9.17) is 35.5 Å². The van der Waals surface area contributed by atoms with Gasteiger partial charge < -0.3 is 50.2 Å². The van der Waals surface area contributed by atoms with Crippen LogP contribution in [0.2, 0.25) is 5.02 Å². The fourth-order valence-corrected chi connectivity index (χ4v) is 10.5. The van der Waals surface area contributed by atoms with E-state index in [-0.39, 0.29) is 31.5 Å². The van der Waals surface area contributed by atoms with Crippen LogP contribution in [0.3, 0.4) is 0 Å². The van der Waals surface area contributed by atoms with Crippen LogP contribution in [0, 0.1) is 23.2 Å². The molecule has 3 saturated carbocycles. The molecular weight excluding hydrogens is 850 g/mol. The number of carbonyl (C=O) groups is 4. The van der Waals surface area contributed by atoms with Crippen LogP contribution in [0.15, 0.2) is 36.2 Å². The third-order valence-corrected chi connectivity index (χ3v) is 14.2. The van der Waals surface area contributed by atoms with Crippen molar-refractivity contribution in [1.29, 1.82) is 0 Å². The number of carbonyl (C=O) groups excluding carboxylic acids is 3. The zero-order valence-corrected chi connectivity index (χ0v) is 38.2. The van der Waals surface area contributed by atoms with Crippen LogP contribution in [0.4, 0.5) is 15.6 Å². The van der Waals surface area contributed by atoms with Gasteiger partial charge in [-0.25, -0.2) is 14.6 Å². The summed E-state index contributed by atoms with van der Waals surface area (Å²) >= 11 is 8.62. The highest BCUT2D eigenvalue weighted by Crippen LogP contribution is 2.53. The second-order valence-electron chi connectivity index (χ2n) is 19.1. The monoisotopic (exact) mass is 909 g/mol. The molecule has 63 heavy (non-hydrogen) atoms. The van der Waals surface area contributed by atoms with Gasteiger partial charge in [0.15, 0.2) is 5.13 Å². The average molecular weight is 911 g/mol. The van der Waals surface area contributed by atoms with E-state index in [0.29, 0.717) is 66.0 Å². The van der Waals surface area contributed by atoms with Gasteiger partial charge in [0.25, 0.3) is 0 Å². The van der Waals surface area contributed by atoms with Crippen molar-refractivity contribution >= 4 is 63.4 Å². The SMILES string of the molecule is C=C[C@@H]1C[C@]1(NC(=O)[C@@H]1C[C@@H](OC2=CC(c3csc(NC(C)C)n3)Nc3c2ccc(OCCN2CCOCC2)c3Cl)CN1C(=O)[C@@H](NC(=O)OC1C[C@@H]2C[C@@H]2C1)C(C)(C)C)C(=O)O. The molecule has 2 unspecified atom stereocenters. The maximum absolute atomic E-state index is 14.8. The second-order valence-corrected chi connectivity index (χ2v) is 20.4. The summed E-state index contributed by atoms with van der Waals surface area (Å²) < 4.78 is 24.4. The minimum atomic E-state index is -1.53. The van der Waals surface area contributed by atoms with Gasteiger partial charge in [-0.1, -0.05) is 38.4 Å². The van der Waals surface area contributed by atoms with Crippen LogP contribution in [-0.4, -0.2) is 126 Å². The lowest BCUT2D eigenvalue weighted by molar-refractivity contribution is -0.146. The van der Waals surface area contributed by atoms with Crippen LogP contribution in [0.1, 0.15) is 84.0 Å². The second kappa shape index (κ2) is 18.1. The average Bonchev–Trinajstić information content (AvgIpc) is 3.91. The Bertz CT molecular complexity index is 2110. The number of aromatic nitrogens is 1. The number of ether oxygens (including phenoxy) is 4. The topological polar surface area (TPSA) is 193 Å². The van der Waals surface area contributed by atoms with Crippen molar-refractivity contribution in [2.45, 2.75) is 109 Å². The largest absolute Gasteiger partial charge is 0.491 e. The predicted octanol–water partition coefficient (Wildman–Crippen LogP) is 5.91. The number of nitrogens with one attached hydrogen (secondary N) is 4. The summed E-state index contributed by atoms with van der Waals surface area (Å²) in [7, 11) is 0. The highest BCUT2D eigenvalue weighted by Gasteiger charge is 2.61. The first-order valence-corrected chi connectivity index (χ1v) is 23.4. The Hall–Kier alpha value is -4.58. The van der Waals surface area contributed by atoms with Crippen LogP contribution in [-0.2, 0) is 28.6 Å². The van der Waals surface area contributed by atoms with Gasteiger partial charge >= 0.3 is 12.1 Å². The summed E-state index contributed by atoms with van der Waals surface area (Å²) in [5.74, 6) is -0.629. The van der Waals surface area contributed by atoms with E-state index >= 15 is 0 Å². The standard InChI is InChI=1S/C45H60ClN7O9S/c1-7-27-21-45(27,41(56)57)51-39(54)33-19-29(22-53(33)40(55)38(44(4,5)6)50-43(58)62-28-17-25-16-26(25)18-28)61-35-20-31(32-23-63-42(49-32)47-24(2)3)48-37-30(35)8-9-34(36(37)46)60-15-12-52-10-13-59-14-11-52/h7-9,20,23-29,31,33,38,48H,1,10-19,21-22H2,2-6H3,(H,47,49)(H,50,58)(H,51,54)(H,56,57)/t25-,26+,27-,28?,29-,31?,33+,38-,45-/m1/s1. The van der Waals surface area contributed by atoms with Gasteiger partial charge in [0.2, 0.25) is 11.8 Å². The molecule has 1 aromatic heterocycles. The summed E-state index contributed by atoms with van der Waals surface area (Å²) in [6.07, 6.45) is 4.84. The Morgan fingerprint density at radius 1 is 1.13 bits per heavy atom. The molecular formula is C45H60ClN7O9S. The van der Waals surface area contributed by atoms with E-state index in [9.17, 15) is 24.3 Å². The van der Waals surface area contributed by atoms with Gasteiger partial charge in [-0.3, -0.25) is 14.5 Å². The zero-order chi connectivity index (χ0) is 44.8. The smallest absolute Gasteiger partial charge is 0.408 e. The quantitative estimate of drug-likeness (QED) is 0.125. The number of hydrogen-bond acceptors (Lipinski definition) is 13. The number of amides is 3. The molecule has 5 N–H and O–H groups in total.